The van der Waals surface area contributed by atoms with Crippen LogP contribution in [0.4, 0.5) is 5.69 Å². The minimum Gasteiger partial charge on any atom is -0.332 e. The number of halogens is 1. The number of amides is 2. The van der Waals surface area contributed by atoms with E-state index < -0.39 is 0 Å². The molecule has 2 amide bonds. The summed E-state index contributed by atoms with van der Waals surface area (Å²) in [6.45, 7) is 3.07. The second kappa shape index (κ2) is 8.99. The first kappa shape index (κ1) is 19.4. The lowest BCUT2D eigenvalue weighted by Crippen LogP contribution is -3.08. The summed E-state index contributed by atoms with van der Waals surface area (Å²) in [4.78, 5) is 28.0. The third-order valence-corrected chi connectivity index (χ3v) is 4.93. The van der Waals surface area contributed by atoms with Crippen LogP contribution in [0.5, 0.6) is 0 Å². The summed E-state index contributed by atoms with van der Waals surface area (Å²) in [7, 11) is 3.60. The predicted octanol–water partition coefficient (Wildman–Crippen LogP) is 1.82. The number of hydrogen-bond donors (Lipinski definition) is 2. The first-order valence-corrected chi connectivity index (χ1v) is 9.19. The molecule has 5 nitrogen and oxygen atoms in total. The summed E-state index contributed by atoms with van der Waals surface area (Å²) in [5.41, 5.74) is 1.86. The molecule has 1 aromatic carbocycles. The highest BCUT2D eigenvalue weighted by atomic mass is 35.5. The summed E-state index contributed by atoms with van der Waals surface area (Å²) in [5, 5.41) is 2.80. The van der Waals surface area contributed by atoms with Crippen molar-refractivity contribution in [2.24, 2.45) is 0 Å². The van der Waals surface area contributed by atoms with Gasteiger partial charge in [-0.05, 0) is 31.2 Å². The van der Waals surface area contributed by atoms with Crippen LogP contribution in [0.1, 0.15) is 10.4 Å². The number of nitrogens with zero attached hydrogens (tertiary/aromatic N) is 1. The van der Waals surface area contributed by atoms with Crippen LogP contribution < -0.4 is 10.2 Å². The summed E-state index contributed by atoms with van der Waals surface area (Å²) in [6.07, 6.45) is 0. The number of carbonyl (C=O) groups is 2. The van der Waals surface area contributed by atoms with Crippen LogP contribution in [-0.2, 0) is 16.1 Å². The van der Waals surface area contributed by atoms with Crippen LogP contribution in [0, 0.1) is 6.92 Å². The monoisotopic (exact) mass is 380 g/mol. The second-order valence-electron chi connectivity index (χ2n) is 6.18. The van der Waals surface area contributed by atoms with Gasteiger partial charge in [0.15, 0.2) is 6.54 Å². The van der Waals surface area contributed by atoms with E-state index in [0.29, 0.717) is 6.54 Å². The van der Waals surface area contributed by atoms with Gasteiger partial charge in [-0.2, -0.15) is 0 Å². The predicted molar refractivity (Wildman–Crippen MR) is 102 cm³/mol. The number of rotatable bonds is 7. The van der Waals surface area contributed by atoms with Gasteiger partial charge in [0.2, 0.25) is 5.91 Å². The lowest BCUT2D eigenvalue weighted by atomic mass is 10.2. The highest BCUT2D eigenvalue weighted by Gasteiger charge is 2.18. The zero-order valence-corrected chi connectivity index (χ0v) is 16.2. The van der Waals surface area contributed by atoms with Crippen LogP contribution in [0.3, 0.4) is 0 Å². The van der Waals surface area contributed by atoms with E-state index in [4.69, 9.17) is 11.6 Å². The van der Waals surface area contributed by atoms with Crippen molar-refractivity contribution in [3.05, 3.63) is 51.2 Å². The molecule has 2 rings (SSSR count). The number of quaternary nitrogens is 1. The normalized spacial score (nSPS) is 11.8. The van der Waals surface area contributed by atoms with E-state index in [0.717, 1.165) is 31.9 Å². The Balaban J connectivity index is 1.78. The Morgan fingerprint density at radius 2 is 1.88 bits per heavy atom. The lowest BCUT2D eigenvalue weighted by molar-refractivity contribution is -0.885. The average molecular weight is 381 g/mol. The van der Waals surface area contributed by atoms with Crippen LogP contribution in [0.25, 0.3) is 0 Å². The van der Waals surface area contributed by atoms with Gasteiger partial charge in [0.25, 0.3) is 5.91 Å². The SMILES string of the molecule is Cc1ccc(NC(=O)CN(C)C(=O)C[NH+](C)Cc2ccc(Cl)s2)cc1. The molecule has 0 spiro atoms. The molecule has 0 aliphatic heterocycles. The Labute approximate surface area is 157 Å². The number of likely N-dealkylation sites (N-methyl/N-ethyl adjacent to an activating group) is 2. The van der Waals surface area contributed by atoms with E-state index in [1.807, 2.05) is 50.4 Å². The third-order valence-electron chi connectivity index (χ3n) is 3.70. The molecule has 0 saturated carbocycles. The molecular formula is C18H23ClN3O2S+. The van der Waals surface area contributed by atoms with E-state index in [1.54, 1.807) is 7.05 Å². The fourth-order valence-corrected chi connectivity index (χ4v) is 3.54. The molecule has 1 aromatic heterocycles. The van der Waals surface area contributed by atoms with Crippen molar-refractivity contribution in [1.29, 1.82) is 0 Å². The van der Waals surface area contributed by atoms with Gasteiger partial charge in [-0.1, -0.05) is 29.3 Å². The number of anilines is 1. The number of aryl methyl sites for hydroxylation is 1. The topological polar surface area (TPSA) is 53.9 Å². The highest BCUT2D eigenvalue weighted by molar-refractivity contribution is 7.16. The molecule has 0 radical (unpaired) electrons. The van der Waals surface area contributed by atoms with Crippen LogP contribution in [0.2, 0.25) is 4.34 Å². The van der Waals surface area contributed by atoms with Gasteiger partial charge in [0.1, 0.15) is 6.54 Å². The maximum absolute atomic E-state index is 12.3. The Morgan fingerprint density at radius 1 is 1.20 bits per heavy atom. The Bertz CT molecular complexity index is 730. The van der Waals surface area contributed by atoms with E-state index in [-0.39, 0.29) is 18.4 Å². The van der Waals surface area contributed by atoms with E-state index in [1.165, 1.54) is 16.2 Å². The molecule has 7 heteroatoms. The Hall–Kier alpha value is -1.89. The molecule has 1 heterocycles. The summed E-state index contributed by atoms with van der Waals surface area (Å²) >= 11 is 7.44. The largest absolute Gasteiger partial charge is 0.332 e. The fraction of sp³-hybridized carbons (Fsp3) is 0.333. The van der Waals surface area contributed by atoms with Gasteiger partial charge in [-0.15, -0.1) is 11.3 Å². The highest BCUT2D eigenvalue weighted by Crippen LogP contribution is 2.20. The van der Waals surface area contributed by atoms with Crippen molar-refractivity contribution in [2.75, 3.05) is 32.5 Å². The minimum absolute atomic E-state index is 0.0326. The van der Waals surface area contributed by atoms with Gasteiger partial charge >= 0.3 is 0 Å². The second-order valence-corrected chi connectivity index (χ2v) is 7.98. The van der Waals surface area contributed by atoms with Gasteiger partial charge in [-0.3, -0.25) is 9.59 Å². The number of hydrogen-bond acceptors (Lipinski definition) is 3. The van der Waals surface area contributed by atoms with Gasteiger partial charge in [-0.25, -0.2) is 0 Å². The van der Waals surface area contributed by atoms with Crippen molar-refractivity contribution in [3.8, 4) is 0 Å². The zero-order chi connectivity index (χ0) is 18.4. The molecule has 0 fully saturated rings. The lowest BCUT2D eigenvalue weighted by Gasteiger charge is -2.19. The Morgan fingerprint density at radius 3 is 2.48 bits per heavy atom. The van der Waals surface area contributed by atoms with E-state index in [2.05, 4.69) is 5.32 Å². The number of benzene rings is 1. The molecule has 25 heavy (non-hydrogen) atoms. The standard InChI is InChI=1S/C18H22ClN3O2S/c1-13-4-6-14(7-5-13)20-17(23)11-22(3)18(24)12-21(2)10-15-8-9-16(19)25-15/h4-9H,10-12H2,1-3H3,(H,20,23)/p+1. The summed E-state index contributed by atoms with van der Waals surface area (Å²) < 4.78 is 0.749. The molecule has 0 bridgehead atoms. The minimum atomic E-state index is -0.206. The van der Waals surface area contributed by atoms with E-state index >= 15 is 0 Å². The van der Waals surface area contributed by atoms with Gasteiger partial charge in [0, 0.05) is 12.7 Å². The molecule has 2 N–H and O–H groups in total. The van der Waals surface area contributed by atoms with Crippen LogP contribution in [-0.4, -0.2) is 43.9 Å². The molecule has 134 valence electrons. The molecule has 1 unspecified atom stereocenters. The maximum atomic E-state index is 12.3. The number of thiophene rings is 1. The molecule has 1 atom stereocenters. The van der Waals surface area contributed by atoms with Crippen molar-refractivity contribution in [3.63, 3.8) is 0 Å². The number of nitrogens with one attached hydrogen (secondary N) is 2. The maximum Gasteiger partial charge on any atom is 0.277 e. The molecular weight excluding hydrogens is 358 g/mol. The van der Waals surface area contributed by atoms with Crippen molar-refractivity contribution < 1.29 is 14.5 Å². The van der Waals surface area contributed by atoms with Crippen molar-refractivity contribution >= 4 is 40.4 Å². The third kappa shape index (κ3) is 6.49. The zero-order valence-electron chi connectivity index (χ0n) is 14.6. The smallest absolute Gasteiger partial charge is 0.277 e. The number of carbonyl (C=O) groups excluding carboxylic acids is 2. The quantitative estimate of drug-likeness (QED) is 0.769. The molecule has 0 saturated heterocycles. The summed E-state index contributed by atoms with van der Waals surface area (Å²) in [5.74, 6) is -0.276. The average Bonchev–Trinajstić information content (AvgIpc) is 2.94. The molecule has 2 aromatic rings. The van der Waals surface area contributed by atoms with Crippen LogP contribution in [0.15, 0.2) is 36.4 Å². The summed E-state index contributed by atoms with van der Waals surface area (Å²) in [6, 6.07) is 11.4. The van der Waals surface area contributed by atoms with Gasteiger partial charge < -0.3 is 15.1 Å². The first-order valence-electron chi connectivity index (χ1n) is 7.99. The van der Waals surface area contributed by atoms with Crippen molar-refractivity contribution in [1.82, 2.24) is 4.90 Å². The Kier molecular flexibility index (Phi) is 6.99. The molecule has 0 aliphatic rings. The first-order chi connectivity index (χ1) is 11.8. The van der Waals surface area contributed by atoms with Gasteiger partial charge in [0.05, 0.1) is 22.8 Å². The van der Waals surface area contributed by atoms with Crippen molar-refractivity contribution in [2.45, 2.75) is 13.5 Å². The fourth-order valence-electron chi connectivity index (χ4n) is 2.34. The van der Waals surface area contributed by atoms with E-state index in [9.17, 15) is 9.59 Å². The molecule has 0 aliphatic carbocycles. The van der Waals surface area contributed by atoms with Crippen LogP contribution >= 0.6 is 22.9 Å².